The third kappa shape index (κ3) is 3.80. The number of benzene rings is 2. The van der Waals surface area contributed by atoms with Crippen LogP contribution in [0.5, 0.6) is 0 Å². The molecule has 0 atom stereocenters. The van der Waals surface area contributed by atoms with Crippen molar-refractivity contribution in [3.05, 3.63) is 59.7 Å². The lowest BCUT2D eigenvalue weighted by atomic mass is 10.2. The zero-order valence-corrected chi connectivity index (χ0v) is 11.8. The van der Waals surface area contributed by atoms with Gasteiger partial charge in [0.1, 0.15) is 4.99 Å². The van der Waals surface area contributed by atoms with Crippen molar-refractivity contribution in [3.8, 4) is 0 Å². The molecule has 0 aliphatic carbocycles. The molecule has 0 saturated carbocycles. The number of carbonyl (C=O) groups is 1. The molecule has 0 unspecified atom stereocenters. The Hall–Kier alpha value is -2.40. The molecule has 102 valence electrons. The number of nitrogens with two attached hydrogens (primary N) is 1. The fourth-order valence-electron chi connectivity index (χ4n) is 1.73. The molecule has 2 amide bonds. The second kappa shape index (κ2) is 6.16. The lowest BCUT2D eigenvalue weighted by molar-refractivity contribution is 0.262. The molecule has 0 radical (unpaired) electrons. The van der Waals surface area contributed by atoms with Gasteiger partial charge in [0.2, 0.25) is 0 Å². The monoisotopic (exact) mass is 285 g/mol. The van der Waals surface area contributed by atoms with Crippen LogP contribution in [0.3, 0.4) is 0 Å². The topological polar surface area (TPSA) is 67.2 Å². The van der Waals surface area contributed by atoms with Gasteiger partial charge in [-0.1, -0.05) is 24.4 Å². The summed E-state index contributed by atoms with van der Waals surface area (Å²) >= 11 is 4.87. The zero-order chi connectivity index (χ0) is 14.5. The van der Waals surface area contributed by atoms with Gasteiger partial charge in [-0.3, -0.25) is 0 Å². The Morgan fingerprint density at radius 1 is 1.05 bits per heavy atom. The molecule has 4 N–H and O–H groups in total. The summed E-state index contributed by atoms with van der Waals surface area (Å²) in [6.45, 7) is 1.97. The summed E-state index contributed by atoms with van der Waals surface area (Å²) in [6, 6.07) is 14.3. The minimum atomic E-state index is -0.293. The van der Waals surface area contributed by atoms with Crippen LogP contribution in [0.25, 0.3) is 0 Å². The maximum Gasteiger partial charge on any atom is 0.323 e. The first-order valence-electron chi connectivity index (χ1n) is 6.09. The first-order valence-corrected chi connectivity index (χ1v) is 6.50. The smallest absolute Gasteiger partial charge is 0.323 e. The average molecular weight is 285 g/mol. The van der Waals surface area contributed by atoms with E-state index in [1.54, 1.807) is 24.3 Å². The van der Waals surface area contributed by atoms with Gasteiger partial charge in [-0.25, -0.2) is 4.79 Å². The molecule has 20 heavy (non-hydrogen) atoms. The average Bonchev–Trinajstić information content (AvgIpc) is 2.39. The predicted molar refractivity (Wildman–Crippen MR) is 86.1 cm³/mol. The van der Waals surface area contributed by atoms with Crippen molar-refractivity contribution < 1.29 is 4.79 Å². The van der Waals surface area contributed by atoms with E-state index in [-0.39, 0.29) is 6.03 Å². The molecule has 0 spiro atoms. The fraction of sp³-hybridized carbons (Fsp3) is 0.0667. The number of hydrogen-bond acceptors (Lipinski definition) is 2. The molecule has 0 aliphatic rings. The summed E-state index contributed by atoms with van der Waals surface area (Å²) in [7, 11) is 0. The van der Waals surface area contributed by atoms with Crippen molar-refractivity contribution in [2.45, 2.75) is 6.92 Å². The van der Waals surface area contributed by atoms with E-state index in [2.05, 4.69) is 10.6 Å². The highest BCUT2D eigenvalue weighted by atomic mass is 32.1. The molecule has 2 rings (SSSR count). The first-order chi connectivity index (χ1) is 9.54. The Kier molecular flexibility index (Phi) is 4.32. The summed E-state index contributed by atoms with van der Waals surface area (Å²) in [4.78, 5) is 12.2. The van der Waals surface area contributed by atoms with E-state index < -0.39 is 0 Å². The Bertz CT molecular complexity index is 638. The van der Waals surface area contributed by atoms with Crippen molar-refractivity contribution in [1.82, 2.24) is 0 Å². The van der Waals surface area contributed by atoms with Gasteiger partial charge < -0.3 is 16.4 Å². The van der Waals surface area contributed by atoms with Gasteiger partial charge in [0.05, 0.1) is 0 Å². The highest BCUT2D eigenvalue weighted by molar-refractivity contribution is 7.80. The molecular weight excluding hydrogens is 270 g/mol. The van der Waals surface area contributed by atoms with Crippen LogP contribution in [0.4, 0.5) is 16.2 Å². The SMILES string of the molecule is Cc1cccc(NC(=O)Nc2ccc(C(N)=S)cc2)c1. The van der Waals surface area contributed by atoms with Gasteiger partial charge in [0, 0.05) is 16.9 Å². The van der Waals surface area contributed by atoms with Crippen molar-refractivity contribution in [2.75, 3.05) is 10.6 Å². The molecule has 5 heteroatoms. The maximum atomic E-state index is 11.8. The van der Waals surface area contributed by atoms with Gasteiger partial charge >= 0.3 is 6.03 Å². The second-order valence-electron chi connectivity index (χ2n) is 4.39. The largest absolute Gasteiger partial charge is 0.389 e. The molecular formula is C15H15N3OS. The van der Waals surface area contributed by atoms with Crippen molar-refractivity contribution in [2.24, 2.45) is 5.73 Å². The van der Waals surface area contributed by atoms with Crippen LogP contribution in [0.1, 0.15) is 11.1 Å². The number of hydrogen-bond donors (Lipinski definition) is 3. The molecule has 0 bridgehead atoms. The zero-order valence-electron chi connectivity index (χ0n) is 11.0. The molecule has 0 aromatic heterocycles. The van der Waals surface area contributed by atoms with E-state index in [9.17, 15) is 4.79 Å². The lowest BCUT2D eigenvalue weighted by Gasteiger charge is -2.08. The van der Waals surface area contributed by atoms with Crippen LogP contribution < -0.4 is 16.4 Å². The van der Waals surface area contributed by atoms with Crippen LogP contribution >= 0.6 is 12.2 Å². The third-order valence-corrected chi connectivity index (χ3v) is 2.94. The van der Waals surface area contributed by atoms with E-state index in [0.29, 0.717) is 10.7 Å². The lowest BCUT2D eigenvalue weighted by Crippen LogP contribution is -2.19. The first kappa shape index (κ1) is 14.0. The minimum Gasteiger partial charge on any atom is -0.389 e. The van der Waals surface area contributed by atoms with Crippen molar-refractivity contribution >= 4 is 34.6 Å². The van der Waals surface area contributed by atoms with Gasteiger partial charge in [-0.15, -0.1) is 0 Å². The molecule has 2 aromatic carbocycles. The Morgan fingerprint density at radius 3 is 2.30 bits per heavy atom. The summed E-state index contributed by atoms with van der Waals surface area (Å²) in [5.41, 5.74) is 8.80. The van der Waals surface area contributed by atoms with Crippen LogP contribution in [0, 0.1) is 6.92 Å². The standard InChI is InChI=1S/C15H15N3OS/c1-10-3-2-4-13(9-10)18-15(19)17-12-7-5-11(6-8-12)14(16)20/h2-9H,1H3,(H2,16,20)(H2,17,18,19). The normalized spacial score (nSPS) is 9.85. The van der Waals surface area contributed by atoms with Gasteiger partial charge in [-0.2, -0.15) is 0 Å². The number of rotatable bonds is 3. The van der Waals surface area contributed by atoms with Gasteiger partial charge in [0.15, 0.2) is 0 Å². The van der Waals surface area contributed by atoms with E-state index in [1.807, 2.05) is 31.2 Å². The van der Waals surface area contributed by atoms with Gasteiger partial charge in [-0.05, 0) is 48.9 Å². The fourth-order valence-corrected chi connectivity index (χ4v) is 1.87. The summed E-state index contributed by atoms with van der Waals surface area (Å²) < 4.78 is 0. The summed E-state index contributed by atoms with van der Waals surface area (Å²) in [6.07, 6.45) is 0. The molecule has 4 nitrogen and oxygen atoms in total. The van der Waals surface area contributed by atoms with E-state index in [0.717, 1.165) is 16.8 Å². The number of amides is 2. The molecule has 0 heterocycles. The quantitative estimate of drug-likeness (QED) is 0.758. The van der Waals surface area contributed by atoms with Crippen molar-refractivity contribution in [3.63, 3.8) is 0 Å². The highest BCUT2D eigenvalue weighted by Gasteiger charge is 2.03. The summed E-state index contributed by atoms with van der Waals surface area (Å²) in [5, 5.41) is 5.51. The molecule has 0 aliphatic heterocycles. The minimum absolute atomic E-state index is 0.293. The third-order valence-electron chi connectivity index (χ3n) is 2.70. The highest BCUT2D eigenvalue weighted by Crippen LogP contribution is 2.12. The van der Waals surface area contributed by atoms with Crippen LogP contribution in [0.15, 0.2) is 48.5 Å². The van der Waals surface area contributed by atoms with Crippen molar-refractivity contribution in [1.29, 1.82) is 0 Å². The number of thiocarbonyl (C=S) groups is 1. The number of nitrogens with one attached hydrogen (secondary N) is 2. The number of urea groups is 1. The van der Waals surface area contributed by atoms with Crippen LogP contribution in [-0.2, 0) is 0 Å². The summed E-state index contributed by atoms with van der Waals surface area (Å²) in [5.74, 6) is 0. The number of anilines is 2. The number of carbonyl (C=O) groups excluding carboxylic acids is 1. The molecule has 2 aromatic rings. The Morgan fingerprint density at radius 2 is 1.70 bits per heavy atom. The van der Waals surface area contributed by atoms with Crippen LogP contribution in [0.2, 0.25) is 0 Å². The Balaban J connectivity index is 1.99. The van der Waals surface area contributed by atoms with E-state index >= 15 is 0 Å². The van der Waals surface area contributed by atoms with Gasteiger partial charge in [0.25, 0.3) is 0 Å². The maximum absolute atomic E-state index is 11.8. The number of aryl methyl sites for hydroxylation is 1. The van der Waals surface area contributed by atoms with E-state index in [4.69, 9.17) is 18.0 Å². The molecule has 0 fully saturated rings. The second-order valence-corrected chi connectivity index (χ2v) is 4.83. The Labute approximate surface area is 123 Å². The van der Waals surface area contributed by atoms with Crippen LogP contribution in [-0.4, -0.2) is 11.0 Å². The molecule has 0 saturated heterocycles. The predicted octanol–water partition coefficient (Wildman–Crippen LogP) is 3.27. The van der Waals surface area contributed by atoms with E-state index in [1.165, 1.54) is 0 Å².